The van der Waals surface area contributed by atoms with Crippen LogP contribution in [0.25, 0.3) is 0 Å². The van der Waals surface area contributed by atoms with Crippen LogP contribution in [0.1, 0.15) is 11.3 Å². The fourth-order valence-corrected chi connectivity index (χ4v) is 5.40. The van der Waals surface area contributed by atoms with E-state index in [-0.39, 0.29) is 29.5 Å². The van der Waals surface area contributed by atoms with Crippen LogP contribution in [0.2, 0.25) is 0 Å². The molecule has 1 aromatic carbocycles. The van der Waals surface area contributed by atoms with Gasteiger partial charge in [-0.05, 0) is 23.9 Å². The molecule has 1 aliphatic heterocycles. The van der Waals surface area contributed by atoms with E-state index in [2.05, 4.69) is 0 Å². The minimum Gasteiger partial charge on any atom is -0.477 e. The molecule has 2 heterocycles. The average molecular weight is 410 g/mol. The first kappa shape index (κ1) is 19.3. The zero-order valence-electron chi connectivity index (χ0n) is 14.3. The summed E-state index contributed by atoms with van der Waals surface area (Å²) in [5, 5.41) is 12.9. The highest BCUT2D eigenvalue weighted by atomic mass is 32.2. The summed E-state index contributed by atoms with van der Waals surface area (Å²) in [7, 11) is -3.16. The first-order valence-electron chi connectivity index (χ1n) is 8.24. The number of hydrogen-bond acceptors (Lipinski definition) is 7. The summed E-state index contributed by atoms with van der Waals surface area (Å²) in [6, 6.07) is 9.13. The van der Waals surface area contributed by atoms with Gasteiger partial charge in [-0.3, -0.25) is 14.9 Å². The first-order valence-corrected chi connectivity index (χ1v) is 10.9. The third-order valence-electron chi connectivity index (χ3n) is 4.29. The number of carbonyl (C=O) groups excluding carboxylic acids is 1. The average Bonchev–Trinajstić information content (AvgIpc) is 3.26. The smallest absolute Gasteiger partial charge is 0.310 e. The van der Waals surface area contributed by atoms with E-state index < -0.39 is 33.3 Å². The largest absolute Gasteiger partial charge is 0.477 e. The highest BCUT2D eigenvalue weighted by Gasteiger charge is 2.35. The number of carbonyl (C=O) groups is 1. The second kappa shape index (κ2) is 8.05. The Kier molecular flexibility index (Phi) is 5.76. The first-order chi connectivity index (χ1) is 12.9. The van der Waals surface area contributed by atoms with Crippen molar-refractivity contribution in [1.82, 2.24) is 4.90 Å². The van der Waals surface area contributed by atoms with E-state index in [1.54, 1.807) is 6.07 Å². The number of ether oxygens (including phenoxy) is 1. The van der Waals surface area contributed by atoms with Crippen LogP contribution in [0, 0.1) is 10.1 Å². The Labute approximate surface area is 160 Å². The maximum Gasteiger partial charge on any atom is 0.310 e. The van der Waals surface area contributed by atoms with Crippen LogP contribution < -0.4 is 4.74 Å². The van der Waals surface area contributed by atoms with Crippen LogP contribution >= 0.6 is 11.3 Å². The topological polar surface area (TPSA) is 107 Å². The molecule has 10 heteroatoms. The van der Waals surface area contributed by atoms with Gasteiger partial charge >= 0.3 is 5.69 Å². The van der Waals surface area contributed by atoms with Crippen molar-refractivity contribution in [1.29, 1.82) is 0 Å². The van der Waals surface area contributed by atoms with Gasteiger partial charge in [-0.25, -0.2) is 8.42 Å². The maximum atomic E-state index is 12.8. The third kappa shape index (κ3) is 4.83. The minimum absolute atomic E-state index is 0.00553. The molecule has 1 aromatic heterocycles. The van der Waals surface area contributed by atoms with Crippen LogP contribution in [0.15, 0.2) is 41.8 Å². The van der Waals surface area contributed by atoms with Crippen molar-refractivity contribution in [2.45, 2.75) is 19.0 Å². The molecule has 1 atom stereocenters. The van der Waals surface area contributed by atoms with Gasteiger partial charge in [0.25, 0.3) is 5.91 Å². The predicted octanol–water partition coefficient (Wildman–Crippen LogP) is 2.25. The van der Waals surface area contributed by atoms with Crippen LogP contribution in [0.4, 0.5) is 5.69 Å². The number of para-hydroxylation sites is 2. The molecule has 8 nitrogen and oxygen atoms in total. The second-order valence-electron chi connectivity index (χ2n) is 6.17. The van der Waals surface area contributed by atoms with Crippen molar-refractivity contribution in [3.8, 4) is 5.75 Å². The van der Waals surface area contributed by atoms with Crippen LogP contribution in [-0.4, -0.2) is 48.3 Å². The predicted molar refractivity (Wildman–Crippen MR) is 101 cm³/mol. The van der Waals surface area contributed by atoms with Gasteiger partial charge in [0.05, 0.1) is 23.0 Å². The molecule has 0 N–H and O–H groups in total. The van der Waals surface area contributed by atoms with Crippen molar-refractivity contribution in [3.05, 3.63) is 56.8 Å². The Balaban J connectivity index is 1.74. The lowest BCUT2D eigenvalue weighted by molar-refractivity contribution is -0.385. The van der Waals surface area contributed by atoms with E-state index in [0.29, 0.717) is 6.42 Å². The molecule has 0 spiro atoms. The molecular formula is C17H18N2O6S2. The molecule has 1 amide bonds. The molecule has 0 radical (unpaired) electrons. The number of rotatable bonds is 7. The number of nitro benzene ring substituents is 1. The lowest BCUT2D eigenvalue weighted by Gasteiger charge is -2.27. The van der Waals surface area contributed by atoms with Crippen LogP contribution in [0.5, 0.6) is 5.75 Å². The fourth-order valence-electron chi connectivity index (χ4n) is 2.96. The molecule has 0 bridgehead atoms. The standard InChI is InChI=1S/C17H18N2O6S2/c20-17(11-25-16-6-2-1-5-15(16)19(21)22)18(10-14-4-3-8-26-14)13-7-9-27(23,24)12-13/h1-6,8,13H,7,9-12H2/t13-/m1/s1. The van der Waals surface area contributed by atoms with Gasteiger partial charge in [-0.2, -0.15) is 0 Å². The van der Waals surface area contributed by atoms with Gasteiger partial charge in [0, 0.05) is 17.0 Å². The Bertz CT molecular complexity index is 927. The summed E-state index contributed by atoms with van der Waals surface area (Å²) in [5.41, 5.74) is -0.224. The number of hydrogen-bond donors (Lipinski definition) is 0. The molecule has 0 aliphatic carbocycles. The molecule has 2 aromatic rings. The highest BCUT2D eigenvalue weighted by Crippen LogP contribution is 2.26. The van der Waals surface area contributed by atoms with Crippen LogP contribution in [-0.2, 0) is 21.2 Å². The zero-order valence-corrected chi connectivity index (χ0v) is 15.9. The summed E-state index contributed by atoms with van der Waals surface area (Å²) in [6.07, 6.45) is 0.380. The normalized spacial score (nSPS) is 18.1. The lowest BCUT2D eigenvalue weighted by atomic mass is 10.2. The molecule has 1 saturated heterocycles. The fraction of sp³-hybridized carbons (Fsp3) is 0.353. The SMILES string of the molecule is O=C(COc1ccccc1[N+](=O)[O-])N(Cc1cccs1)[C@@H]1CCS(=O)(=O)C1. The molecule has 1 fully saturated rings. The third-order valence-corrected chi connectivity index (χ3v) is 6.90. The van der Waals surface area contributed by atoms with E-state index in [4.69, 9.17) is 4.74 Å². The molecule has 0 saturated carbocycles. The van der Waals surface area contributed by atoms with E-state index in [9.17, 15) is 23.3 Å². The van der Waals surface area contributed by atoms with Gasteiger partial charge in [0.15, 0.2) is 22.2 Å². The molecule has 27 heavy (non-hydrogen) atoms. The van der Waals surface area contributed by atoms with E-state index in [1.807, 2.05) is 17.5 Å². The zero-order chi connectivity index (χ0) is 19.4. The number of benzene rings is 1. The van der Waals surface area contributed by atoms with Crippen LogP contribution in [0.3, 0.4) is 0 Å². The van der Waals surface area contributed by atoms with Gasteiger partial charge in [-0.1, -0.05) is 18.2 Å². The molecule has 3 rings (SSSR count). The lowest BCUT2D eigenvalue weighted by Crippen LogP contribution is -2.42. The molecule has 1 aliphatic rings. The number of nitro groups is 1. The number of thiophene rings is 1. The molecule has 0 unspecified atom stereocenters. The summed E-state index contributed by atoms with van der Waals surface area (Å²) < 4.78 is 29.0. The van der Waals surface area contributed by atoms with Crippen molar-refractivity contribution in [3.63, 3.8) is 0 Å². The number of nitrogens with zero attached hydrogens (tertiary/aromatic N) is 2. The highest BCUT2D eigenvalue weighted by molar-refractivity contribution is 7.91. The van der Waals surface area contributed by atoms with Crippen molar-refractivity contribution >= 4 is 32.8 Å². The monoisotopic (exact) mass is 410 g/mol. The molecule has 144 valence electrons. The molecular weight excluding hydrogens is 392 g/mol. The Morgan fingerprint density at radius 2 is 2.07 bits per heavy atom. The van der Waals surface area contributed by atoms with Crippen molar-refractivity contribution in [2.75, 3.05) is 18.1 Å². The van der Waals surface area contributed by atoms with Crippen molar-refractivity contribution in [2.24, 2.45) is 0 Å². The van der Waals surface area contributed by atoms with E-state index >= 15 is 0 Å². The summed E-state index contributed by atoms with van der Waals surface area (Å²) in [6.45, 7) is -0.107. The Hall–Kier alpha value is -2.46. The van der Waals surface area contributed by atoms with E-state index in [1.165, 1.54) is 34.4 Å². The maximum absolute atomic E-state index is 12.8. The van der Waals surface area contributed by atoms with Gasteiger partial charge in [0.1, 0.15) is 0 Å². The van der Waals surface area contributed by atoms with Gasteiger partial charge in [0.2, 0.25) is 0 Å². The minimum atomic E-state index is -3.16. The number of sulfone groups is 1. The summed E-state index contributed by atoms with van der Waals surface area (Å²) in [5.74, 6) is -0.415. The number of amides is 1. The quantitative estimate of drug-likeness (QED) is 0.512. The Morgan fingerprint density at radius 1 is 1.30 bits per heavy atom. The Morgan fingerprint density at radius 3 is 2.70 bits per heavy atom. The van der Waals surface area contributed by atoms with Gasteiger partial charge < -0.3 is 9.64 Å². The summed E-state index contributed by atoms with van der Waals surface area (Å²) >= 11 is 1.47. The van der Waals surface area contributed by atoms with Gasteiger partial charge in [-0.15, -0.1) is 11.3 Å². The summed E-state index contributed by atoms with van der Waals surface area (Å²) in [4.78, 5) is 25.7. The second-order valence-corrected chi connectivity index (χ2v) is 9.43. The van der Waals surface area contributed by atoms with Crippen molar-refractivity contribution < 1.29 is 22.9 Å². The van der Waals surface area contributed by atoms with E-state index in [0.717, 1.165) is 4.88 Å².